The molecule has 1 N–H and O–H groups in total. The van der Waals surface area contributed by atoms with E-state index in [-0.39, 0.29) is 11.1 Å². The summed E-state index contributed by atoms with van der Waals surface area (Å²) >= 11 is 0. The van der Waals surface area contributed by atoms with E-state index in [1.807, 2.05) is 0 Å². The molecular weight excluding hydrogens is 233 g/mol. The van der Waals surface area contributed by atoms with Crippen LogP contribution in [0.5, 0.6) is 0 Å². The molecule has 0 saturated heterocycles. The zero-order valence-electron chi connectivity index (χ0n) is 8.45. The highest BCUT2D eigenvalue weighted by Crippen LogP contribution is 2.36. The Labute approximate surface area is 94.0 Å². The normalized spacial score (nSPS) is 11.5. The Hall–Kier alpha value is -2.11. The molecule has 0 atom stereocenters. The van der Waals surface area contributed by atoms with Crippen LogP contribution in [-0.4, -0.2) is 9.97 Å². The first-order chi connectivity index (χ1) is 7.98. The van der Waals surface area contributed by atoms with Gasteiger partial charge >= 0.3 is 11.9 Å². The summed E-state index contributed by atoms with van der Waals surface area (Å²) in [5, 5.41) is 0. The molecule has 6 heteroatoms. The second-order valence-electron chi connectivity index (χ2n) is 3.35. The number of aromatic amines is 1. The number of H-pyrrole nitrogens is 1. The van der Waals surface area contributed by atoms with Crippen molar-refractivity contribution in [2.75, 3.05) is 0 Å². The van der Waals surface area contributed by atoms with Crippen LogP contribution >= 0.6 is 0 Å². The van der Waals surface area contributed by atoms with Crippen LogP contribution in [0.2, 0.25) is 0 Å². The SMILES string of the molecule is O=c1ncc(-c2ccccc2C(F)(F)F)c[nH]1. The molecule has 2 aromatic rings. The molecule has 0 spiro atoms. The highest BCUT2D eigenvalue weighted by atomic mass is 19.4. The van der Waals surface area contributed by atoms with Crippen molar-refractivity contribution in [1.29, 1.82) is 0 Å². The zero-order valence-corrected chi connectivity index (χ0v) is 8.45. The van der Waals surface area contributed by atoms with Crippen molar-refractivity contribution in [2.24, 2.45) is 0 Å². The molecule has 2 rings (SSSR count). The van der Waals surface area contributed by atoms with Crippen LogP contribution in [0, 0.1) is 0 Å². The first-order valence-corrected chi connectivity index (χ1v) is 4.70. The monoisotopic (exact) mass is 240 g/mol. The summed E-state index contributed by atoms with van der Waals surface area (Å²) in [6.07, 6.45) is -2.12. The van der Waals surface area contributed by atoms with E-state index in [0.29, 0.717) is 0 Å². The fourth-order valence-corrected chi connectivity index (χ4v) is 1.47. The Bertz CT molecular complexity index is 569. The third kappa shape index (κ3) is 2.35. The minimum Gasteiger partial charge on any atom is -0.312 e. The van der Waals surface area contributed by atoms with Gasteiger partial charge in [-0.05, 0) is 11.6 Å². The lowest BCUT2D eigenvalue weighted by Gasteiger charge is -2.11. The van der Waals surface area contributed by atoms with Gasteiger partial charge in [-0.15, -0.1) is 0 Å². The third-order valence-electron chi connectivity index (χ3n) is 2.22. The predicted molar refractivity (Wildman–Crippen MR) is 55.3 cm³/mol. The lowest BCUT2D eigenvalue weighted by Crippen LogP contribution is -2.10. The molecular formula is C11H7F3N2O. The second kappa shape index (κ2) is 4.04. The number of nitrogens with one attached hydrogen (secondary N) is 1. The van der Waals surface area contributed by atoms with Crippen LogP contribution in [0.3, 0.4) is 0 Å². The van der Waals surface area contributed by atoms with Gasteiger partial charge in [-0.3, -0.25) is 0 Å². The third-order valence-corrected chi connectivity index (χ3v) is 2.22. The maximum absolute atomic E-state index is 12.7. The van der Waals surface area contributed by atoms with Crippen LogP contribution in [0.1, 0.15) is 5.56 Å². The van der Waals surface area contributed by atoms with Gasteiger partial charge in [0, 0.05) is 18.0 Å². The highest BCUT2D eigenvalue weighted by molar-refractivity contribution is 5.66. The second-order valence-corrected chi connectivity index (χ2v) is 3.35. The Kier molecular flexibility index (Phi) is 2.71. The number of benzene rings is 1. The van der Waals surface area contributed by atoms with Gasteiger partial charge in [0.15, 0.2) is 0 Å². The summed E-state index contributed by atoms with van der Waals surface area (Å²) in [6, 6.07) is 5.12. The van der Waals surface area contributed by atoms with Crippen LogP contribution in [0.25, 0.3) is 11.1 Å². The van der Waals surface area contributed by atoms with Crippen molar-refractivity contribution >= 4 is 0 Å². The number of hydrogen-bond acceptors (Lipinski definition) is 2. The van der Waals surface area contributed by atoms with Gasteiger partial charge in [-0.2, -0.15) is 13.2 Å². The number of hydrogen-bond donors (Lipinski definition) is 1. The lowest BCUT2D eigenvalue weighted by atomic mass is 10.0. The lowest BCUT2D eigenvalue weighted by molar-refractivity contribution is -0.137. The van der Waals surface area contributed by atoms with E-state index in [1.165, 1.54) is 24.4 Å². The van der Waals surface area contributed by atoms with Crippen LogP contribution in [-0.2, 0) is 6.18 Å². The average Bonchev–Trinajstić information content (AvgIpc) is 2.29. The van der Waals surface area contributed by atoms with Crippen molar-refractivity contribution < 1.29 is 13.2 Å². The molecule has 1 aromatic carbocycles. The minimum atomic E-state index is -4.44. The summed E-state index contributed by atoms with van der Waals surface area (Å²) < 4.78 is 38.2. The molecule has 1 aromatic heterocycles. The van der Waals surface area contributed by atoms with Crippen molar-refractivity contribution in [3.05, 3.63) is 52.7 Å². The average molecular weight is 240 g/mol. The van der Waals surface area contributed by atoms with E-state index >= 15 is 0 Å². The molecule has 1 heterocycles. The molecule has 3 nitrogen and oxygen atoms in total. The molecule has 0 aliphatic rings. The Morgan fingerprint density at radius 3 is 2.47 bits per heavy atom. The van der Waals surface area contributed by atoms with E-state index in [2.05, 4.69) is 9.97 Å². The minimum absolute atomic E-state index is 0.0104. The molecule has 0 aliphatic carbocycles. The largest absolute Gasteiger partial charge is 0.417 e. The summed E-state index contributed by atoms with van der Waals surface area (Å²) in [5.41, 5.74) is -1.15. The molecule has 17 heavy (non-hydrogen) atoms. The van der Waals surface area contributed by atoms with E-state index < -0.39 is 17.4 Å². The van der Waals surface area contributed by atoms with Crippen molar-refractivity contribution in [1.82, 2.24) is 9.97 Å². The standard InChI is InChI=1S/C11H7F3N2O/c12-11(13,14)9-4-2-1-3-8(9)7-5-15-10(17)16-6-7/h1-6H,(H,15,16,17). The van der Waals surface area contributed by atoms with Gasteiger partial charge in [0.05, 0.1) is 5.56 Å². The fraction of sp³-hybridized carbons (Fsp3) is 0.0909. The van der Waals surface area contributed by atoms with Gasteiger partial charge in [-0.1, -0.05) is 18.2 Å². The predicted octanol–water partition coefficient (Wildman–Crippen LogP) is 2.46. The zero-order chi connectivity index (χ0) is 12.5. The van der Waals surface area contributed by atoms with Gasteiger partial charge in [0.1, 0.15) is 0 Å². The number of nitrogens with zero attached hydrogens (tertiary/aromatic N) is 1. The first-order valence-electron chi connectivity index (χ1n) is 4.70. The molecule has 0 fully saturated rings. The quantitative estimate of drug-likeness (QED) is 0.832. The van der Waals surface area contributed by atoms with Crippen LogP contribution in [0.4, 0.5) is 13.2 Å². The Morgan fingerprint density at radius 1 is 1.18 bits per heavy atom. The number of aromatic nitrogens is 2. The fourth-order valence-electron chi connectivity index (χ4n) is 1.47. The molecule has 0 saturated carbocycles. The van der Waals surface area contributed by atoms with Crippen LogP contribution < -0.4 is 5.69 Å². The molecule has 0 bridgehead atoms. The van der Waals surface area contributed by atoms with E-state index in [0.717, 1.165) is 12.3 Å². The van der Waals surface area contributed by atoms with Crippen molar-refractivity contribution in [3.63, 3.8) is 0 Å². The Morgan fingerprint density at radius 2 is 1.88 bits per heavy atom. The maximum atomic E-state index is 12.7. The first kappa shape index (κ1) is 11.4. The topological polar surface area (TPSA) is 45.8 Å². The van der Waals surface area contributed by atoms with Crippen LogP contribution in [0.15, 0.2) is 41.5 Å². The summed E-state index contributed by atoms with van der Waals surface area (Å²) in [6.45, 7) is 0. The molecule has 88 valence electrons. The van der Waals surface area contributed by atoms with E-state index in [1.54, 1.807) is 0 Å². The Balaban J connectivity index is 2.60. The maximum Gasteiger partial charge on any atom is 0.417 e. The smallest absolute Gasteiger partial charge is 0.312 e. The molecule has 0 radical (unpaired) electrons. The number of rotatable bonds is 1. The van der Waals surface area contributed by atoms with Gasteiger partial charge in [0.2, 0.25) is 0 Å². The summed E-state index contributed by atoms with van der Waals surface area (Å²) in [4.78, 5) is 16.4. The number of alkyl halides is 3. The van der Waals surface area contributed by atoms with Gasteiger partial charge in [0.25, 0.3) is 0 Å². The molecule has 0 amide bonds. The highest BCUT2D eigenvalue weighted by Gasteiger charge is 2.33. The van der Waals surface area contributed by atoms with E-state index in [4.69, 9.17) is 0 Å². The van der Waals surface area contributed by atoms with Crippen molar-refractivity contribution in [3.8, 4) is 11.1 Å². The van der Waals surface area contributed by atoms with E-state index in [9.17, 15) is 18.0 Å². The molecule has 0 aliphatic heterocycles. The summed E-state index contributed by atoms with van der Waals surface area (Å²) in [5.74, 6) is 0. The summed E-state index contributed by atoms with van der Waals surface area (Å²) in [7, 11) is 0. The van der Waals surface area contributed by atoms with Gasteiger partial charge in [-0.25, -0.2) is 9.78 Å². The van der Waals surface area contributed by atoms with Crippen molar-refractivity contribution in [2.45, 2.75) is 6.18 Å². The number of halogens is 3. The molecule has 0 unspecified atom stereocenters. The van der Waals surface area contributed by atoms with Gasteiger partial charge < -0.3 is 4.98 Å².